The third-order valence-corrected chi connectivity index (χ3v) is 5.89. The van der Waals surface area contributed by atoms with Crippen molar-refractivity contribution < 1.29 is 9.21 Å². The maximum absolute atomic E-state index is 12.8. The minimum absolute atomic E-state index is 0.205. The molecule has 35 heavy (non-hydrogen) atoms. The quantitative estimate of drug-likeness (QED) is 0.365. The lowest BCUT2D eigenvalue weighted by atomic mass is 10.2. The summed E-state index contributed by atoms with van der Waals surface area (Å²) in [6.45, 7) is 0. The summed E-state index contributed by atoms with van der Waals surface area (Å²) in [7, 11) is 0. The number of rotatable bonds is 5. The summed E-state index contributed by atoms with van der Waals surface area (Å²) in [5.41, 5.74) is 0.251. The number of carbonyl (C=O) groups excluding carboxylic acids is 1. The maximum atomic E-state index is 12.8. The lowest BCUT2D eigenvalue weighted by Gasteiger charge is -2.07. The average molecular weight is 482 g/mol. The van der Waals surface area contributed by atoms with Gasteiger partial charge >= 0.3 is 5.69 Å². The van der Waals surface area contributed by atoms with E-state index < -0.39 is 17.2 Å². The number of nitrogens with one attached hydrogen (secondary N) is 2. The number of aromatic amines is 1. The number of anilines is 1. The van der Waals surface area contributed by atoms with E-state index in [-0.39, 0.29) is 16.3 Å². The molecular weight excluding hydrogens is 468 g/mol. The van der Waals surface area contributed by atoms with Crippen molar-refractivity contribution in [1.82, 2.24) is 19.7 Å². The number of aromatic nitrogens is 4. The summed E-state index contributed by atoms with van der Waals surface area (Å²) in [4.78, 5) is 40.6. The summed E-state index contributed by atoms with van der Waals surface area (Å²) in [6.07, 6.45) is 3.02. The van der Waals surface area contributed by atoms with Gasteiger partial charge in [0.15, 0.2) is 5.01 Å². The third-order valence-electron chi connectivity index (χ3n) is 5.02. The Labute approximate surface area is 200 Å². The minimum Gasteiger partial charge on any atom is -0.465 e. The van der Waals surface area contributed by atoms with E-state index in [9.17, 15) is 19.6 Å². The summed E-state index contributed by atoms with van der Waals surface area (Å²) < 4.78 is 6.22. The Morgan fingerprint density at radius 2 is 1.89 bits per heavy atom. The van der Waals surface area contributed by atoms with Gasteiger partial charge in [-0.15, -0.1) is 10.2 Å². The third kappa shape index (κ3) is 4.29. The first-order valence-electron chi connectivity index (χ1n) is 10.2. The molecule has 0 saturated heterocycles. The van der Waals surface area contributed by atoms with Gasteiger partial charge in [-0.1, -0.05) is 23.5 Å². The van der Waals surface area contributed by atoms with Gasteiger partial charge in [-0.05, 0) is 48.5 Å². The van der Waals surface area contributed by atoms with Crippen LogP contribution >= 0.6 is 11.3 Å². The Hall–Kier alpha value is -5.08. The second-order valence-corrected chi connectivity index (χ2v) is 8.19. The Balaban J connectivity index is 1.36. The molecule has 1 amide bonds. The zero-order valence-corrected chi connectivity index (χ0v) is 18.6. The maximum Gasteiger partial charge on any atom is 0.333 e. The highest BCUT2D eigenvalue weighted by Gasteiger charge is 2.14. The summed E-state index contributed by atoms with van der Waals surface area (Å²) in [5, 5.41) is 20.8. The normalized spacial score (nSPS) is 11.3. The van der Waals surface area contributed by atoms with Crippen molar-refractivity contribution in [3.05, 3.63) is 104 Å². The Morgan fingerprint density at radius 3 is 2.63 bits per heavy atom. The molecule has 10 nitrogen and oxygen atoms in total. The second kappa shape index (κ2) is 9.05. The first kappa shape index (κ1) is 21.7. The van der Waals surface area contributed by atoms with Crippen LogP contribution in [0.3, 0.4) is 0 Å². The molecule has 0 aliphatic carbocycles. The molecule has 0 aliphatic rings. The van der Waals surface area contributed by atoms with E-state index in [4.69, 9.17) is 4.42 Å². The molecular formula is C24H14N6O4S. The molecule has 0 saturated carbocycles. The zero-order chi connectivity index (χ0) is 24.4. The van der Waals surface area contributed by atoms with Crippen molar-refractivity contribution >= 4 is 44.9 Å². The molecule has 11 heteroatoms. The Bertz CT molecular complexity index is 1740. The highest BCUT2D eigenvalue weighted by Crippen LogP contribution is 2.25. The van der Waals surface area contributed by atoms with Crippen molar-refractivity contribution in [1.29, 1.82) is 5.26 Å². The fourth-order valence-electron chi connectivity index (χ4n) is 3.37. The number of carbonyl (C=O) groups is 1. The molecule has 170 valence electrons. The number of nitriles is 1. The van der Waals surface area contributed by atoms with E-state index in [2.05, 4.69) is 20.5 Å². The fraction of sp³-hybridized carbons (Fsp3) is 0. The van der Waals surface area contributed by atoms with E-state index >= 15 is 0 Å². The van der Waals surface area contributed by atoms with Crippen LogP contribution in [-0.2, 0) is 0 Å². The molecule has 2 aromatic carbocycles. The van der Waals surface area contributed by atoms with E-state index in [0.717, 1.165) is 15.9 Å². The molecule has 0 bridgehead atoms. The van der Waals surface area contributed by atoms with Gasteiger partial charge in [-0.2, -0.15) is 5.26 Å². The van der Waals surface area contributed by atoms with Crippen molar-refractivity contribution in [2.75, 3.05) is 5.32 Å². The van der Waals surface area contributed by atoms with Crippen LogP contribution in [0.2, 0.25) is 0 Å². The highest BCUT2D eigenvalue weighted by atomic mass is 32.1. The van der Waals surface area contributed by atoms with Gasteiger partial charge in [0.1, 0.15) is 11.8 Å². The molecule has 5 rings (SSSR count). The van der Waals surface area contributed by atoms with E-state index in [1.165, 1.54) is 36.6 Å². The highest BCUT2D eigenvalue weighted by molar-refractivity contribution is 7.16. The predicted molar refractivity (Wildman–Crippen MR) is 130 cm³/mol. The second-order valence-electron chi connectivity index (χ2n) is 7.21. The Kier molecular flexibility index (Phi) is 5.62. The van der Waals surface area contributed by atoms with Gasteiger partial charge in [0, 0.05) is 11.6 Å². The molecule has 0 spiro atoms. The summed E-state index contributed by atoms with van der Waals surface area (Å²) in [5.74, 6) is 0.0271. The summed E-state index contributed by atoms with van der Waals surface area (Å²) in [6, 6.07) is 18.2. The van der Waals surface area contributed by atoms with E-state index in [0.29, 0.717) is 27.4 Å². The van der Waals surface area contributed by atoms with Crippen molar-refractivity contribution in [2.45, 2.75) is 0 Å². The van der Waals surface area contributed by atoms with E-state index in [1.54, 1.807) is 36.4 Å². The number of furan rings is 1. The van der Waals surface area contributed by atoms with Crippen molar-refractivity contribution in [2.24, 2.45) is 0 Å². The molecule has 2 N–H and O–H groups in total. The first-order valence-corrected chi connectivity index (χ1v) is 11.0. The molecule has 3 aromatic heterocycles. The van der Waals surface area contributed by atoms with Crippen LogP contribution in [0.4, 0.5) is 5.13 Å². The number of fused-ring (bicyclic) bond motifs is 1. The number of allylic oxidation sites excluding steroid dienone is 1. The van der Waals surface area contributed by atoms with Gasteiger partial charge in [0.2, 0.25) is 5.13 Å². The van der Waals surface area contributed by atoms with Gasteiger partial charge in [-0.3, -0.25) is 14.9 Å². The summed E-state index contributed by atoms with van der Waals surface area (Å²) >= 11 is 1.04. The zero-order valence-electron chi connectivity index (χ0n) is 17.8. The topological polar surface area (TPSA) is 147 Å². The molecule has 3 heterocycles. The lowest BCUT2D eigenvalue weighted by molar-refractivity contribution is 0.102. The standard InChI is InChI=1S/C24H14N6O4S/c25-13-15(12-17-4-3-11-34-17)21-28-29-23(35-21)27-20(31)14-7-9-16(10-8-14)30-22(32)18-5-1-2-6-19(18)26-24(30)33/h1-12H,(H,26,33)(H,27,29,31)/b15-12-. The van der Waals surface area contributed by atoms with Gasteiger partial charge in [0.05, 0.1) is 28.4 Å². The van der Waals surface area contributed by atoms with Crippen molar-refractivity contribution in [3.8, 4) is 11.8 Å². The predicted octanol–water partition coefficient (Wildman–Crippen LogP) is 3.44. The first-order chi connectivity index (χ1) is 17.0. The van der Waals surface area contributed by atoms with Crippen LogP contribution in [0.5, 0.6) is 0 Å². The van der Waals surface area contributed by atoms with Gasteiger partial charge in [0.25, 0.3) is 11.5 Å². The van der Waals surface area contributed by atoms with Gasteiger partial charge in [-0.25, -0.2) is 9.36 Å². The SMILES string of the molecule is N#C/C(=C/c1ccco1)c1nnc(NC(=O)c2ccc(-n3c(=O)[nH]c4ccccc4c3=O)cc2)s1. The number of para-hydroxylation sites is 1. The molecule has 0 unspecified atom stereocenters. The molecule has 0 fully saturated rings. The van der Waals surface area contributed by atoms with Gasteiger partial charge < -0.3 is 9.40 Å². The largest absolute Gasteiger partial charge is 0.465 e. The fourth-order valence-corrected chi connectivity index (χ4v) is 4.07. The number of H-pyrrole nitrogens is 1. The number of benzene rings is 2. The van der Waals surface area contributed by atoms with Crippen LogP contribution in [0.25, 0.3) is 28.2 Å². The number of nitrogens with zero attached hydrogens (tertiary/aromatic N) is 4. The Morgan fingerprint density at radius 1 is 1.09 bits per heavy atom. The van der Waals surface area contributed by atoms with Crippen LogP contribution < -0.4 is 16.6 Å². The molecule has 0 radical (unpaired) electrons. The molecule has 0 aliphatic heterocycles. The smallest absolute Gasteiger partial charge is 0.333 e. The number of amides is 1. The van der Waals surface area contributed by atoms with Crippen molar-refractivity contribution in [3.63, 3.8) is 0 Å². The van der Waals surface area contributed by atoms with Crippen LogP contribution in [0, 0.1) is 11.3 Å². The number of hydrogen-bond donors (Lipinski definition) is 2. The van der Waals surface area contributed by atoms with Crippen LogP contribution in [0.1, 0.15) is 21.1 Å². The van der Waals surface area contributed by atoms with E-state index in [1.807, 2.05) is 6.07 Å². The average Bonchev–Trinajstić information content (AvgIpc) is 3.55. The monoisotopic (exact) mass is 482 g/mol. The van der Waals surface area contributed by atoms with Crippen LogP contribution in [0.15, 0.2) is 80.9 Å². The van der Waals surface area contributed by atoms with Crippen LogP contribution in [-0.4, -0.2) is 25.7 Å². The molecule has 0 atom stereocenters. The number of hydrogen-bond acceptors (Lipinski definition) is 8. The molecule has 5 aromatic rings. The minimum atomic E-state index is -0.580. The lowest BCUT2D eigenvalue weighted by Crippen LogP contribution is -2.33.